The largest absolute Gasteiger partial charge is 0.497 e. The van der Waals surface area contributed by atoms with Crippen LogP contribution < -0.4 is 20.7 Å². The van der Waals surface area contributed by atoms with Crippen LogP contribution in [0.3, 0.4) is 0 Å². The van der Waals surface area contributed by atoms with Gasteiger partial charge in [0, 0.05) is 11.6 Å². The van der Waals surface area contributed by atoms with Crippen LogP contribution in [0.15, 0.2) is 48.5 Å². The summed E-state index contributed by atoms with van der Waals surface area (Å²) in [7, 11) is 1.55. The van der Waals surface area contributed by atoms with E-state index in [-0.39, 0.29) is 29.3 Å². The molecule has 0 aromatic heterocycles. The number of carbonyl (C=O) groups is 3. The van der Waals surface area contributed by atoms with Gasteiger partial charge >= 0.3 is 0 Å². The highest BCUT2D eigenvalue weighted by Gasteiger charge is 2.27. The second kappa shape index (κ2) is 11.2. The molecular formula is C24H31N3O4. The molecule has 2 rings (SSSR count). The number of hydrogen-bond acceptors (Lipinski definition) is 4. The summed E-state index contributed by atoms with van der Waals surface area (Å²) in [4.78, 5) is 38.3. The molecule has 7 heteroatoms. The molecule has 0 radical (unpaired) electrons. The number of amides is 3. The fraction of sp³-hybridized carbons (Fsp3) is 0.375. The average Bonchev–Trinajstić information content (AvgIpc) is 2.76. The number of carbonyl (C=O) groups excluding carboxylic acids is 3. The summed E-state index contributed by atoms with van der Waals surface area (Å²) in [6.45, 7) is 7.63. The minimum Gasteiger partial charge on any atom is -0.497 e. The SMILES string of the molecule is CCC(C)C(NC(=O)c1ccccc1NC(=O)c1ccc(OC)cc1)C(=O)NC(C)C. The van der Waals surface area contributed by atoms with E-state index in [2.05, 4.69) is 16.0 Å². The molecule has 0 saturated heterocycles. The maximum Gasteiger partial charge on any atom is 0.255 e. The highest BCUT2D eigenvalue weighted by molar-refractivity contribution is 6.09. The van der Waals surface area contributed by atoms with Crippen LogP contribution in [-0.4, -0.2) is 36.9 Å². The fourth-order valence-corrected chi connectivity index (χ4v) is 3.02. The van der Waals surface area contributed by atoms with Gasteiger partial charge in [0.15, 0.2) is 0 Å². The highest BCUT2D eigenvalue weighted by Crippen LogP contribution is 2.19. The number of para-hydroxylation sites is 1. The van der Waals surface area contributed by atoms with Crippen LogP contribution in [-0.2, 0) is 4.79 Å². The van der Waals surface area contributed by atoms with Gasteiger partial charge < -0.3 is 20.7 Å². The Bertz CT molecular complexity index is 909. The van der Waals surface area contributed by atoms with Crippen LogP contribution in [0, 0.1) is 5.92 Å². The van der Waals surface area contributed by atoms with Gasteiger partial charge in [-0.2, -0.15) is 0 Å². The van der Waals surface area contributed by atoms with Crippen molar-refractivity contribution in [1.29, 1.82) is 0 Å². The number of anilines is 1. The van der Waals surface area contributed by atoms with E-state index in [1.807, 2.05) is 27.7 Å². The van der Waals surface area contributed by atoms with Crippen LogP contribution in [0.5, 0.6) is 5.75 Å². The summed E-state index contributed by atoms with van der Waals surface area (Å²) in [6, 6.07) is 12.7. The van der Waals surface area contributed by atoms with Crippen LogP contribution >= 0.6 is 0 Å². The van der Waals surface area contributed by atoms with Gasteiger partial charge in [0.2, 0.25) is 5.91 Å². The minimum absolute atomic E-state index is 0.0352. The van der Waals surface area contributed by atoms with Crippen molar-refractivity contribution >= 4 is 23.4 Å². The lowest BCUT2D eigenvalue weighted by molar-refractivity contribution is -0.124. The van der Waals surface area contributed by atoms with Gasteiger partial charge in [-0.1, -0.05) is 32.4 Å². The predicted molar refractivity (Wildman–Crippen MR) is 121 cm³/mol. The summed E-state index contributed by atoms with van der Waals surface area (Å²) in [6.07, 6.45) is 0.728. The molecule has 0 fully saturated rings. The second-order valence-electron chi connectivity index (χ2n) is 7.73. The molecule has 0 bridgehead atoms. The third-order valence-corrected chi connectivity index (χ3v) is 4.99. The molecule has 2 aromatic rings. The van der Waals surface area contributed by atoms with Crippen molar-refractivity contribution in [3.8, 4) is 5.75 Å². The van der Waals surface area contributed by atoms with Crippen molar-refractivity contribution in [2.75, 3.05) is 12.4 Å². The zero-order valence-electron chi connectivity index (χ0n) is 18.7. The smallest absolute Gasteiger partial charge is 0.255 e. The zero-order chi connectivity index (χ0) is 23.0. The van der Waals surface area contributed by atoms with Gasteiger partial charge in [-0.05, 0) is 56.2 Å². The Labute approximate surface area is 183 Å². The predicted octanol–water partition coefficient (Wildman–Crippen LogP) is 3.62. The lowest BCUT2D eigenvalue weighted by Crippen LogP contribution is -2.51. The monoisotopic (exact) mass is 425 g/mol. The number of ether oxygens (including phenoxy) is 1. The molecule has 166 valence electrons. The Morgan fingerprint density at radius 2 is 1.55 bits per heavy atom. The topological polar surface area (TPSA) is 96.5 Å². The minimum atomic E-state index is -0.676. The van der Waals surface area contributed by atoms with E-state index in [0.717, 1.165) is 6.42 Å². The zero-order valence-corrected chi connectivity index (χ0v) is 18.7. The maximum atomic E-state index is 13.0. The van der Waals surface area contributed by atoms with E-state index >= 15 is 0 Å². The van der Waals surface area contributed by atoms with Crippen LogP contribution in [0.1, 0.15) is 54.8 Å². The van der Waals surface area contributed by atoms with Crippen molar-refractivity contribution in [1.82, 2.24) is 10.6 Å². The molecule has 31 heavy (non-hydrogen) atoms. The number of nitrogens with one attached hydrogen (secondary N) is 3. The second-order valence-corrected chi connectivity index (χ2v) is 7.73. The fourth-order valence-electron chi connectivity index (χ4n) is 3.02. The van der Waals surface area contributed by atoms with E-state index in [0.29, 0.717) is 17.0 Å². The molecule has 7 nitrogen and oxygen atoms in total. The van der Waals surface area contributed by atoms with Crippen molar-refractivity contribution < 1.29 is 19.1 Å². The number of hydrogen-bond donors (Lipinski definition) is 3. The third kappa shape index (κ3) is 6.57. The molecule has 0 saturated carbocycles. The number of rotatable bonds is 9. The first-order valence-electron chi connectivity index (χ1n) is 10.4. The molecule has 0 aliphatic carbocycles. The van der Waals surface area contributed by atoms with E-state index in [4.69, 9.17) is 4.74 Å². The lowest BCUT2D eigenvalue weighted by atomic mass is 9.97. The van der Waals surface area contributed by atoms with Gasteiger partial charge in [0.25, 0.3) is 11.8 Å². The van der Waals surface area contributed by atoms with Crippen molar-refractivity contribution in [2.45, 2.75) is 46.2 Å². The van der Waals surface area contributed by atoms with Gasteiger partial charge in [-0.25, -0.2) is 0 Å². The first-order chi connectivity index (χ1) is 14.8. The van der Waals surface area contributed by atoms with Gasteiger partial charge in [0.05, 0.1) is 18.4 Å². The molecule has 0 aliphatic heterocycles. The summed E-state index contributed by atoms with van der Waals surface area (Å²) in [5.41, 5.74) is 1.09. The summed E-state index contributed by atoms with van der Waals surface area (Å²) in [5.74, 6) is -0.401. The molecule has 2 unspecified atom stereocenters. The molecule has 2 atom stereocenters. The van der Waals surface area contributed by atoms with E-state index in [1.165, 1.54) is 0 Å². The third-order valence-electron chi connectivity index (χ3n) is 4.99. The summed E-state index contributed by atoms with van der Waals surface area (Å²) < 4.78 is 5.11. The Morgan fingerprint density at radius 3 is 2.13 bits per heavy atom. The number of benzene rings is 2. The van der Waals surface area contributed by atoms with E-state index in [1.54, 1.807) is 55.6 Å². The van der Waals surface area contributed by atoms with Gasteiger partial charge in [-0.15, -0.1) is 0 Å². The highest BCUT2D eigenvalue weighted by atomic mass is 16.5. The van der Waals surface area contributed by atoms with Crippen LogP contribution in [0.25, 0.3) is 0 Å². The Kier molecular flexibility index (Phi) is 8.61. The molecule has 3 N–H and O–H groups in total. The van der Waals surface area contributed by atoms with E-state index < -0.39 is 11.9 Å². The molecule has 2 aromatic carbocycles. The molecular weight excluding hydrogens is 394 g/mol. The van der Waals surface area contributed by atoms with Crippen molar-refractivity contribution in [3.63, 3.8) is 0 Å². The molecule has 3 amide bonds. The molecule has 0 heterocycles. The number of methoxy groups -OCH3 is 1. The maximum absolute atomic E-state index is 13.0. The van der Waals surface area contributed by atoms with Crippen LogP contribution in [0.4, 0.5) is 5.69 Å². The van der Waals surface area contributed by atoms with Crippen LogP contribution in [0.2, 0.25) is 0 Å². The van der Waals surface area contributed by atoms with Gasteiger partial charge in [-0.3, -0.25) is 14.4 Å². The quantitative estimate of drug-likeness (QED) is 0.572. The average molecular weight is 426 g/mol. The Hall–Kier alpha value is -3.35. The first kappa shape index (κ1) is 23.9. The molecule has 0 aliphatic rings. The van der Waals surface area contributed by atoms with E-state index in [9.17, 15) is 14.4 Å². The summed E-state index contributed by atoms with van der Waals surface area (Å²) in [5, 5.41) is 8.48. The van der Waals surface area contributed by atoms with Crippen molar-refractivity contribution in [3.05, 3.63) is 59.7 Å². The summed E-state index contributed by atoms with van der Waals surface area (Å²) >= 11 is 0. The lowest BCUT2D eigenvalue weighted by Gasteiger charge is -2.25. The Morgan fingerprint density at radius 1 is 0.903 bits per heavy atom. The molecule has 0 spiro atoms. The Balaban J connectivity index is 2.21. The first-order valence-corrected chi connectivity index (χ1v) is 10.4. The van der Waals surface area contributed by atoms with Gasteiger partial charge in [0.1, 0.15) is 11.8 Å². The van der Waals surface area contributed by atoms with Crippen molar-refractivity contribution in [2.24, 2.45) is 5.92 Å². The standard InChI is InChI=1S/C24H31N3O4/c1-6-16(4)21(24(30)25-15(2)3)27-23(29)19-9-7-8-10-20(19)26-22(28)17-11-13-18(31-5)14-12-17/h7-16,21H,6H2,1-5H3,(H,25,30)(H,26,28)(H,27,29). The normalized spacial score (nSPS) is 12.6.